The SMILES string of the molecule is Nc1ccc(C(=O)N2CC3(CNC3)C2)cn1. The minimum Gasteiger partial charge on any atom is -0.384 e. The van der Waals surface area contributed by atoms with Crippen molar-refractivity contribution >= 4 is 11.7 Å². The van der Waals surface area contributed by atoms with E-state index in [4.69, 9.17) is 5.73 Å². The molecule has 1 aromatic rings. The Hall–Kier alpha value is -1.62. The lowest BCUT2D eigenvalue weighted by Crippen LogP contribution is -2.71. The second-order valence-electron chi connectivity index (χ2n) is 4.74. The highest BCUT2D eigenvalue weighted by atomic mass is 16.2. The van der Waals surface area contributed by atoms with Crippen LogP contribution in [0.15, 0.2) is 18.3 Å². The Labute approximate surface area is 93.6 Å². The number of aromatic nitrogens is 1. The van der Waals surface area contributed by atoms with Gasteiger partial charge >= 0.3 is 0 Å². The minimum atomic E-state index is 0.0602. The van der Waals surface area contributed by atoms with Crippen molar-refractivity contribution in [2.45, 2.75) is 0 Å². The van der Waals surface area contributed by atoms with Gasteiger partial charge in [0.2, 0.25) is 0 Å². The Bertz CT molecular complexity index is 416. The van der Waals surface area contributed by atoms with Crippen molar-refractivity contribution in [1.29, 1.82) is 0 Å². The number of hydrogen-bond acceptors (Lipinski definition) is 4. The van der Waals surface area contributed by atoms with Gasteiger partial charge in [-0.25, -0.2) is 4.98 Å². The van der Waals surface area contributed by atoms with E-state index in [1.165, 1.54) is 0 Å². The van der Waals surface area contributed by atoms with Crippen LogP contribution in [0.1, 0.15) is 10.4 Å². The van der Waals surface area contributed by atoms with Crippen LogP contribution < -0.4 is 11.1 Å². The van der Waals surface area contributed by atoms with Gasteiger partial charge in [-0.15, -0.1) is 0 Å². The van der Waals surface area contributed by atoms with Gasteiger partial charge in [-0.05, 0) is 12.1 Å². The molecule has 0 atom stereocenters. The second kappa shape index (κ2) is 3.18. The summed E-state index contributed by atoms with van der Waals surface area (Å²) in [7, 11) is 0. The number of pyridine rings is 1. The first-order valence-corrected chi connectivity index (χ1v) is 5.40. The molecule has 1 amide bonds. The molecule has 2 aliphatic heterocycles. The maximum Gasteiger partial charge on any atom is 0.255 e. The van der Waals surface area contributed by atoms with E-state index in [9.17, 15) is 4.79 Å². The van der Waals surface area contributed by atoms with Gasteiger partial charge in [-0.3, -0.25) is 4.79 Å². The van der Waals surface area contributed by atoms with Gasteiger partial charge in [0.1, 0.15) is 5.82 Å². The third-order valence-electron chi connectivity index (χ3n) is 3.37. The fraction of sp³-hybridized carbons (Fsp3) is 0.455. The first-order valence-electron chi connectivity index (χ1n) is 5.40. The molecule has 0 radical (unpaired) electrons. The summed E-state index contributed by atoms with van der Waals surface area (Å²) in [5.41, 5.74) is 6.47. The van der Waals surface area contributed by atoms with Crippen molar-refractivity contribution in [1.82, 2.24) is 15.2 Å². The molecule has 2 fully saturated rings. The number of nitrogen functional groups attached to an aromatic ring is 1. The monoisotopic (exact) mass is 218 g/mol. The maximum absolute atomic E-state index is 12.0. The summed E-state index contributed by atoms with van der Waals surface area (Å²) >= 11 is 0. The third kappa shape index (κ3) is 1.36. The lowest BCUT2D eigenvalue weighted by molar-refractivity contribution is -0.0248. The predicted octanol–water partition coefficient (Wildman–Crippen LogP) is -0.291. The highest BCUT2D eigenvalue weighted by Crippen LogP contribution is 2.34. The lowest BCUT2D eigenvalue weighted by Gasteiger charge is -2.56. The fourth-order valence-corrected chi connectivity index (χ4v) is 2.32. The molecule has 0 saturated carbocycles. The second-order valence-corrected chi connectivity index (χ2v) is 4.74. The summed E-state index contributed by atoms with van der Waals surface area (Å²) in [6, 6.07) is 3.39. The van der Waals surface area contributed by atoms with E-state index in [2.05, 4.69) is 10.3 Å². The molecular weight excluding hydrogens is 204 g/mol. The van der Waals surface area contributed by atoms with Crippen LogP contribution in [0.3, 0.4) is 0 Å². The molecule has 2 saturated heterocycles. The van der Waals surface area contributed by atoms with Crippen molar-refractivity contribution in [3.05, 3.63) is 23.9 Å². The van der Waals surface area contributed by atoms with Gasteiger partial charge in [0.25, 0.3) is 5.91 Å². The van der Waals surface area contributed by atoms with Crippen LogP contribution in [0.5, 0.6) is 0 Å². The number of anilines is 1. The quantitative estimate of drug-likeness (QED) is 0.679. The molecular formula is C11H14N4O. The van der Waals surface area contributed by atoms with Gasteiger partial charge in [-0.2, -0.15) is 0 Å². The zero-order valence-electron chi connectivity index (χ0n) is 8.94. The van der Waals surface area contributed by atoms with Crippen LogP contribution in [-0.4, -0.2) is 42.0 Å². The Morgan fingerprint density at radius 2 is 2.19 bits per heavy atom. The topological polar surface area (TPSA) is 71.2 Å². The number of carbonyl (C=O) groups is 1. The molecule has 5 heteroatoms. The largest absolute Gasteiger partial charge is 0.384 e. The maximum atomic E-state index is 12.0. The van der Waals surface area contributed by atoms with Gasteiger partial charge in [0.15, 0.2) is 0 Å². The van der Waals surface area contributed by atoms with Crippen molar-refractivity contribution in [3.8, 4) is 0 Å². The Balaban J connectivity index is 1.68. The van der Waals surface area contributed by atoms with Gasteiger partial charge in [0.05, 0.1) is 5.56 Å². The lowest BCUT2D eigenvalue weighted by atomic mass is 9.74. The molecule has 2 aliphatic rings. The summed E-state index contributed by atoms with van der Waals surface area (Å²) in [6.07, 6.45) is 1.54. The Kier molecular flexibility index (Phi) is 1.91. The smallest absolute Gasteiger partial charge is 0.255 e. The summed E-state index contributed by atoms with van der Waals surface area (Å²) < 4.78 is 0. The van der Waals surface area contributed by atoms with Crippen molar-refractivity contribution < 1.29 is 4.79 Å². The number of nitrogens with zero attached hydrogens (tertiary/aromatic N) is 2. The average molecular weight is 218 g/mol. The molecule has 1 aromatic heterocycles. The molecule has 1 spiro atoms. The van der Waals surface area contributed by atoms with Crippen LogP contribution in [0.4, 0.5) is 5.82 Å². The number of rotatable bonds is 1. The molecule has 3 heterocycles. The zero-order chi connectivity index (χ0) is 11.2. The minimum absolute atomic E-state index is 0.0602. The van der Waals surface area contributed by atoms with Crippen molar-refractivity contribution in [3.63, 3.8) is 0 Å². The van der Waals surface area contributed by atoms with E-state index in [0.717, 1.165) is 26.2 Å². The number of nitrogens with one attached hydrogen (secondary N) is 1. The summed E-state index contributed by atoms with van der Waals surface area (Å²) in [5.74, 6) is 0.504. The number of hydrogen-bond donors (Lipinski definition) is 2. The van der Waals surface area contributed by atoms with Gasteiger partial charge in [0, 0.05) is 37.8 Å². The highest BCUT2D eigenvalue weighted by Gasteiger charge is 2.49. The number of likely N-dealkylation sites (tertiary alicyclic amines) is 1. The first-order chi connectivity index (χ1) is 7.69. The van der Waals surface area contributed by atoms with Crippen molar-refractivity contribution in [2.75, 3.05) is 31.9 Å². The van der Waals surface area contributed by atoms with E-state index < -0.39 is 0 Å². The number of nitrogens with two attached hydrogens (primary N) is 1. The predicted molar refractivity (Wildman–Crippen MR) is 59.9 cm³/mol. The van der Waals surface area contributed by atoms with E-state index in [0.29, 0.717) is 16.8 Å². The van der Waals surface area contributed by atoms with Crippen LogP contribution >= 0.6 is 0 Å². The van der Waals surface area contributed by atoms with Crippen LogP contribution in [-0.2, 0) is 0 Å². The standard InChI is InChI=1S/C11H14N4O/c12-9-2-1-8(3-14-9)10(16)15-6-11(7-15)4-13-5-11/h1-3,13H,4-7H2,(H2,12,14). The van der Waals surface area contributed by atoms with Gasteiger partial charge < -0.3 is 16.0 Å². The summed E-state index contributed by atoms with van der Waals surface area (Å²) in [5, 5.41) is 3.24. The normalized spacial score (nSPS) is 21.4. The molecule has 0 bridgehead atoms. The molecule has 84 valence electrons. The third-order valence-corrected chi connectivity index (χ3v) is 3.37. The van der Waals surface area contributed by atoms with Gasteiger partial charge in [-0.1, -0.05) is 0 Å². The molecule has 3 rings (SSSR count). The molecule has 0 aliphatic carbocycles. The van der Waals surface area contributed by atoms with Crippen molar-refractivity contribution in [2.24, 2.45) is 5.41 Å². The highest BCUT2D eigenvalue weighted by molar-refractivity contribution is 5.94. The summed E-state index contributed by atoms with van der Waals surface area (Å²) in [6.45, 7) is 3.81. The first kappa shape index (κ1) is 9.59. The zero-order valence-corrected chi connectivity index (χ0v) is 8.94. The van der Waals surface area contributed by atoms with E-state index in [-0.39, 0.29) is 5.91 Å². The summed E-state index contributed by atoms with van der Waals surface area (Å²) in [4.78, 5) is 17.8. The number of amides is 1. The molecule has 0 unspecified atom stereocenters. The Morgan fingerprint density at radius 3 is 2.69 bits per heavy atom. The molecule has 16 heavy (non-hydrogen) atoms. The van der Waals surface area contributed by atoms with Crippen LogP contribution in [0.2, 0.25) is 0 Å². The average Bonchev–Trinajstić information content (AvgIpc) is 2.14. The van der Waals surface area contributed by atoms with Crippen LogP contribution in [0, 0.1) is 5.41 Å². The molecule has 3 N–H and O–H groups in total. The molecule has 0 aromatic carbocycles. The van der Waals surface area contributed by atoms with E-state index in [1.807, 2.05) is 4.90 Å². The van der Waals surface area contributed by atoms with E-state index >= 15 is 0 Å². The molecule has 5 nitrogen and oxygen atoms in total. The van der Waals surface area contributed by atoms with E-state index in [1.54, 1.807) is 18.3 Å². The Morgan fingerprint density at radius 1 is 1.44 bits per heavy atom. The fourth-order valence-electron chi connectivity index (χ4n) is 2.32. The van der Waals surface area contributed by atoms with Crippen LogP contribution in [0.25, 0.3) is 0 Å². The number of carbonyl (C=O) groups excluding carboxylic acids is 1.